The summed E-state index contributed by atoms with van der Waals surface area (Å²) in [5.41, 5.74) is -0.598. The van der Waals surface area contributed by atoms with Crippen molar-refractivity contribution in [3.63, 3.8) is 0 Å². The average molecular weight is 475 g/mol. The van der Waals surface area contributed by atoms with Gasteiger partial charge in [-0.25, -0.2) is 0 Å². The zero-order valence-electron chi connectivity index (χ0n) is 16.8. The third-order valence-electron chi connectivity index (χ3n) is 4.75. The third-order valence-corrected chi connectivity index (χ3v) is 6.20. The maximum Gasteiger partial charge on any atom is 0.288 e. The molecule has 0 aromatic heterocycles. The third kappa shape index (κ3) is 6.90. The SMILES string of the molecule is CCC(CC)(C(=O)Nc1ccc(SC(F)F)cc1)C(=O)Nc1ccc(SC(F)F)cc1. The molecule has 0 unspecified atom stereocenters. The summed E-state index contributed by atoms with van der Waals surface area (Å²) >= 11 is 0.795. The van der Waals surface area contributed by atoms with Crippen LogP contribution >= 0.6 is 23.5 Å². The highest BCUT2D eigenvalue weighted by Gasteiger charge is 2.42. The van der Waals surface area contributed by atoms with Gasteiger partial charge in [-0.05, 0) is 61.4 Å². The van der Waals surface area contributed by atoms with E-state index in [0.717, 1.165) is 0 Å². The summed E-state index contributed by atoms with van der Waals surface area (Å²) in [5, 5.41) is 5.36. The van der Waals surface area contributed by atoms with Crippen molar-refractivity contribution >= 4 is 46.7 Å². The van der Waals surface area contributed by atoms with Crippen molar-refractivity contribution < 1.29 is 27.2 Å². The summed E-state index contributed by atoms with van der Waals surface area (Å²) in [6.45, 7) is 3.43. The van der Waals surface area contributed by atoms with Crippen molar-refractivity contribution in [1.29, 1.82) is 0 Å². The molecule has 0 saturated heterocycles. The van der Waals surface area contributed by atoms with Gasteiger partial charge in [-0.3, -0.25) is 9.59 Å². The quantitative estimate of drug-likeness (QED) is 0.229. The molecule has 2 N–H and O–H groups in total. The molecular formula is C21H22F4N2O2S2. The maximum absolute atomic E-state index is 13.0. The summed E-state index contributed by atoms with van der Waals surface area (Å²) in [4.78, 5) is 26.7. The van der Waals surface area contributed by atoms with Gasteiger partial charge in [0.15, 0.2) is 0 Å². The minimum absolute atomic E-state index is 0.222. The average Bonchev–Trinajstić information content (AvgIpc) is 2.71. The molecule has 2 aromatic rings. The molecule has 168 valence electrons. The Morgan fingerprint density at radius 3 is 1.32 bits per heavy atom. The lowest BCUT2D eigenvalue weighted by Crippen LogP contribution is -2.45. The van der Waals surface area contributed by atoms with E-state index in [0.29, 0.717) is 44.7 Å². The molecule has 0 spiro atoms. The van der Waals surface area contributed by atoms with Crippen LogP contribution in [0.25, 0.3) is 0 Å². The molecule has 0 aliphatic carbocycles. The summed E-state index contributed by atoms with van der Waals surface area (Å²) in [7, 11) is 0. The highest BCUT2D eigenvalue weighted by atomic mass is 32.2. The molecule has 2 rings (SSSR count). The number of alkyl halides is 4. The van der Waals surface area contributed by atoms with Crippen LogP contribution in [0.15, 0.2) is 58.3 Å². The first-order valence-electron chi connectivity index (χ1n) is 9.42. The van der Waals surface area contributed by atoms with Crippen LogP contribution in [0, 0.1) is 5.41 Å². The second-order valence-electron chi connectivity index (χ2n) is 6.50. The van der Waals surface area contributed by atoms with Gasteiger partial charge in [-0.2, -0.15) is 17.6 Å². The van der Waals surface area contributed by atoms with Crippen molar-refractivity contribution in [2.45, 2.75) is 48.0 Å². The summed E-state index contributed by atoms with van der Waals surface area (Å²) in [6, 6.07) is 11.8. The van der Waals surface area contributed by atoms with Crippen LogP contribution in [0.2, 0.25) is 0 Å². The summed E-state index contributed by atoms with van der Waals surface area (Å²) in [6.07, 6.45) is 0.444. The van der Waals surface area contributed by atoms with Gasteiger partial charge in [0.05, 0.1) is 0 Å². The van der Waals surface area contributed by atoms with Crippen LogP contribution in [0.3, 0.4) is 0 Å². The van der Waals surface area contributed by atoms with Gasteiger partial charge in [0.25, 0.3) is 11.5 Å². The van der Waals surface area contributed by atoms with E-state index in [1.54, 1.807) is 13.8 Å². The van der Waals surface area contributed by atoms with E-state index < -0.39 is 28.7 Å². The van der Waals surface area contributed by atoms with Crippen LogP contribution in [0.4, 0.5) is 28.9 Å². The van der Waals surface area contributed by atoms with Gasteiger partial charge in [0, 0.05) is 21.2 Å². The van der Waals surface area contributed by atoms with E-state index in [9.17, 15) is 27.2 Å². The zero-order valence-corrected chi connectivity index (χ0v) is 18.5. The Morgan fingerprint density at radius 2 is 1.06 bits per heavy atom. The number of rotatable bonds is 10. The minimum atomic E-state index is -2.54. The number of nitrogens with one attached hydrogen (secondary N) is 2. The fraction of sp³-hybridized carbons (Fsp3) is 0.333. The van der Waals surface area contributed by atoms with E-state index in [2.05, 4.69) is 10.6 Å². The molecule has 2 amide bonds. The number of amides is 2. The van der Waals surface area contributed by atoms with Crippen LogP contribution in [-0.2, 0) is 9.59 Å². The van der Waals surface area contributed by atoms with Gasteiger partial charge in [0.1, 0.15) is 5.41 Å². The molecule has 0 aliphatic heterocycles. The zero-order chi connectivity index (χ0) is 23.0. The van der Waals surface area contributed by atoms with Crippen LogP contribution in [-0.4, -0.2) is 23.3 Å². The Morgan fingerprint density at radius 1 is 0.742 bits per heavy atom. The molecule has 0 saturated carbocycles. The molecule has 2 aromatic carbocycles. The largest absolute Gasteiger partial charge is 0.325 e. The number of benzene rings is 2. The molecule has 0 heterocycles. The van der Waals surface area contributed by atoms with Gasteiger partial charge in [-0.15, -0.1) is 0 Å². The number of halogens is 4. The number of thioether (sulfide) groups is 2. The van der Waals surface area contributed by atoms with Gasteiger partial charge in [-0.1, -0.05) is 37.4 Å². The predicted molar refractivity (Wildman–Crippen MR) is 117 cm³/mol. The molecule has 0 bridgehead atoms. The molecule has 4 nitrogen and oxygen atoms in total. The van der Waals surface area contributed by atoms with Crippen LogP contribution in [0.5, 0.6) is 0 Å². The van der Waals surface area contributed by atoms with E-state index in [1.165, 1.54) is 48.5 Å². The van der Waals surface area contributed by atoms with Gasteiger partial charge in [0.2, 0.25) is 11.8 Å². The number of carbonyl (C=O) groups excluding carboxylic acids is 2. The standard InChI is InChI=1S/C21H22F4N2O2S2/c1-3-21(4-2,17(28)26-13-5-9-15(10-6-13)30-19(22)23)18(29)27-14-7-11-16(12-8-14)31-20(24)25/h5-12,19-20H,3-4H2,1-2H3,(H,26,28)(H,27,29). The molecule has 0 atom stereocenters. The Balaban J connectivity index is 2.12. The second-order valence-corrected chi connectivity index (χ2v) is 8.63. The number of hydrogen-bond donors (Lipinski definition) is 2. The normalized spacial score (nSPS) is 11.6. The first-order chi connectivity index (χ1) is 14.7. The smallest absolute Gasteiger partial charge is 0.288 e. The highest BCUT2D eigenvalue weighted by Crippen LogP contribution is 2.32. The minimum Gasteiger partial charge on any atom is -0.325 e. The van der Waals surface area contributed by atoms with Crippen molar-refractivity contribution in [3.8, 4) is 0 Å². The second kappa shape index (κ2) is 11.4. The highest BCUT2D eigenvalue weighted by molar-refractivity contribution is 7.99. The fourth-order valence-electron chi connectivity index (χ4n) is 2.94. The van der Waals surface area contributed by atoms with Crippen molar-refractivity contribution in [2.24, 2.45) is 5.41 Å². The topological polar surface area (TPSA) is 58.2 Å². The number of carbonyl (C=O) groups is 2. The lowest BCUT2D eigenvalue weighted by atomic mass is 9.80. The maximum atomic E-state index is 13.0. The Hall–Kier alpha value is -2.20. The van der Waals surface area contributed by atoms with Gasteiger partial charge < -0.3 is 10.6 Å². The van der Waals surface area contributed by atoms with Crippen LogP contribution < -0.4 is 10.6 Å². The first kappa shape index (κ1) is 25.1. The Labute approximate surface area is 186 Å². The number of hydrogen-bond acceptors (Lipinski definition) is 4. The van der Waals surface area contributed by atoms with E-state index in [-0.39, 0.29) is 12.8 Å². The Kier molecular flexibility index (Phi) is 9.24. The first-order valence-corrected chi connectivity index (χ1v) is 11.2. The lowest BCUT2D eigenvalue weighted by Gasteiger charge is -2.29. The molecular weight excluding hydrogens is 452 g/mol. The fourth-order valence-corrected chi connectivity index (χ4v) is 3.93. The summed E-state index contributed by atoms with van der Waals surface area (Å²) < 4.78 is 49.8. The lowest BCUT2D eigenvalue weighted by molar-refractivity contribution is -0.137. The van der Waals surface area contributed by atoms with Crippen molar-refractivity contribution in [1.82, 2.24) is 0 Å². The number of anilines is 2. The van der Waals surface area contributed by atoms with Gasteiger partial charge >= 0.3 is 0 Å². The summed E-state index contributed by atoms with van der Waals surface area (Å²) in [5.74, 6) is -6.12. The Bertz CT molecular complexity index is 804. The van der Waals surface area contributed by atoms with Crippen LogP contribution in [0.1, 0.15) is 26.7 Å². The molecule has 31 heavy (non-hydrogen) atoms. The molecule has 0 radical (unpaired) electrons. The van der Waals surface area contributed by atoms with Crippen molar-refractivity contribution in [3.05, 3.63) is 48.5 Å². The van der Waals surface area contributed by atoms with E-state index >= 15 is 0 Å². The predicted octanol–water partition coefficient (Wildman–Crippen LogP) is 6.70. The molecule has 0 fully saturated rings. The van der Waals surface area contributed by atoms with E-state index in [1.807, 2.05) is 0 Å². The van der Waals surface area contributed by atoms with Crippen molar-refractivity contribution in [2.75, 3.05) is 10.6 Å². The molecule has 10 heteroatoms. The monoisotopic (exact) mass is 474 g/mol. The molecule has 0 aliphatic rings. The van der Waals surface area contributed by atoms with E-state index in [4.69, 9.17) is 0 Å².